The van der Waals surface area contributed by atoms with Crippen molar-refractivity contribution in [2.75, 3.05) is 5.32 Å². The van der Waals surface area contributed by atoms with Gasteiger partial charge in [0.25, 0.3) is 0 Å². The van der Waals surface area contributed by atoms with Crippen molar-refractivity contribution in [1.29, 1.82) is 0 Å². The molecule has 0 aliphatic rings. The molecule has 1 aromatic carbocycles. The van der Waals surface area contributed by atoms with Gasteiger partial charge in [-0.2, -0.15) is 0 Å². The minimum atomic E-state index is -0.501. The van der Waals surface area contributed by atoms with Gasteiger partial charge in [-0.15, -0.1) is 10.2 Å². The van der Waals surface area contributed by atoms with Gasteiger partial charge < -0.3 is 5.32 Å². The Morgan fingerprint density at radius 1 is 0.935 bits per heavy atom. The van der Waals surface area contributed by atoms with E-state index in [0.717, 1.165) is 22.4 Å². The smallest absolute Gasteiger partial charge is 0.191 e. The zero-order valence-corrected chi connectivity index (χ0v) is 16.7. The summed E-state index contributed by atoms with van der Waals surface area (Å²) >= 11 is 0. The molecule has 0 bridgehead atoms. The Kier molecular flexibility index (Phi) is 4.80. The molecule has 0 radical (unpaired) electrons. The number of benzene rings is 1. The lowest BCUT2D eigenvalue weighted by molar-refractivity contribution is 0.621. The molecule has 8 heteroatoms. The quantitative estimate of drug-likeness (QED) is 0.464. The number of aryl methyl sites for hydroxylation is 1. The summed E-state index contributed by atoms with van der Waals surface area (Å²) in [5.74, 6) is -0.346. The number of hydrogen-bond donors (Lipinski definition) is 1. The molecule has 0 aliphatic carbocycles. The highest BCUT2D eigenvalue weighted by Gasteiger charge is 2.14. The zero-order chi connectivity index (χ0) is 21.2. The first-order chi connectivity index (χ1) is 15.2. The molecule has 4 heterocycles. The average Bonchev–Trinajstić information content (AvgIpc) is 3.27. The summed E-state index contributed by atoms with van der Waals surface area (Å²) in [4.78, 5) is 12.4. The SMILES string of the molecule is Cc1cc(-c2ccc(CNc3ncnc(-c4ccc5nncn5c4)c3F)cc2)ccn1. The summed E-state index contributed by atoms with van der Waals surface area (Å²) in [5.41, 5.74) is 5.73. The predicted molar refractivity (Wildman–Crippen MR) is 116 cm³/mol. The highest BCUT2D eigenvalue weighted by molar-refractivity contribution is 5.65. The van der Waals surface area contributed by atoms with Crippen molar-refractivity contribution < 1.29 is 4.39 Å². The number of halogens is 1. The lowest BCUT2D eigenvalue weighted by Gasteiger charge is -2.10. The molecule has 4 aromatic heterocycles. The molecule has 0 fully saturated rings. The lowest BCUT2D eigenvalue weighted by Crippen LogP contribution is -2.06. The third kappa shape index (κ3) is 3.83. The van der Waals surface area contributed by atoms with Gasteiger partial charge in [-0.3, -0.25) is 9.38 Å². The Balaban J connectivity index is 1.34. The number of fused-ring (bicyclic) bond motifs is 1. The predicted octanol–water partition coefficient (Wildman–Crippen LogP) is 4.31. The monoisotopic (exact) mass is 411 g/mol. The number of nitrogens with zero attached hydrogens (tertiary/aromatic N) is 6. The van der Waals surface area contributed by atoms with Gasteiger partial charge in [0.05, 0.1) is 0 Å². The third-order valence-electron chi connectivity index (χ3n) is 5.00. The van der Waals surface area contributed by atoms with E-state index in [-0.39, 0.29) is 11.5 Å². The molecule has 0 unspecified atom stereocenters. The Bertz CT molecular complexity index is 1360. The minimum Gasteiger partial charge on any atom is -0.363 e. The van der Waals surface area contributed by atoms with Crippen LogP contribution in [0, 0.1) is 12.7 Å². The van der Waals surface area contributed by atoms with Crippen LogP contribution in [0.25, 0.3) is 28.0 Å². The standard InChI is InChI=1S/C23H18FN7/c1-15-10-18(8-9-25-15)17-4-2-16(3-5-17)11-26-23-21(24)22(27-13-28-23)19-6-7-20-30-29-14-31(20)12-19/h2-10,12-14H,11H2,1H3,(H,26,27,28). The van der Waals surface area contributed by atoms with E-state index in [4.69, 9.17) is 0 Å². The number of rotatable bonds is 5. The van der Waals surface area contributed by atoms with E-state index in [1.807, 2.05) is 43.3 Å². The number of pyridine rings is 2. The lowest BCUT2D eigenvalue weighted by atomic mass is 10.0. The van der Waals surface area contributed by atoms with Gasteiger partial charge in [0.2, 0.25) is 0 Å². The van der Waals surface area contributed by atoms with Gasteiger partial charge >= 0.3 is 0 Å². The average molecular weight is 411 g/mol. The van der Waals surface area contributed by atoms with Crippen LogP contribution in [-0.4, -0.2) is 29.5 Å². The van der Waals surface area contributed by atoms with Crippen LogP contribution in [0.5, 0.6) is 0 Å². The van der Waals surface area contributed by atoms with Gasteiger partial charge in [-0.1, -0.05) is 24.3 Å². The van der Waals surface area contributed by atoms with Crippen LogP contribution >= 0.6 is 0 Å². The number of nitrogens with one attached hydrogen (secondary N) is 1. The highest BCUT2D eigenvalue weighted by Crippen LogP contribution is 2.25. The van der Waals surface area contributed by atoms with E-state index in [9.17, 15) is 0 Å². The van der Waals surface area contributed by atoms with Gasteiger partial charge in [0.15, 0.2) is 17.3 Å². The Morgan fingerprint density at radius 3 is 2.61 bits per heavy atom. The second-order valence-corrected chi connectivity index (χ2v) is 7.14. The highest BCUT2D eigenvalue weighted by atomic mass is 19.1. The Morgan fingerprint density at radius 2 is 1.77 bits per heavy atom. The van der Waals surface area contributed by atoms with Crippen molar-refractivity contribution in [3.63, 3.8) is 0 Å². The van der Waals surface area contributed by atoms with E-state index >= 15 is 4.39 Å². The fourth-order valence-corrected chi connectivity index (χ4v) is 3.39. The molecular weight excluding hydrogens is 393 g/mol. The molecule has 5 aromatic rings. The van der Waals surface area contributed by atoms with Crippen molar-refractivity contribution in [3.8, 4) is 22.4 Å². The fraction of sp³-hybridized carbons (Fsp3) is 0.0870. The third-order valence-corrected chi connectivity index (χ3v) is 5.00. The molecule has 0 spiro atoms. The second kappa shape index (κ2) is 7.91. The van der Waals surface area contributed by atoms with E-state index < -0.39 is 5.82 Å². The van der Waals surface area contributed by atoms with Crippen molar-refractivity contribution in [2.45, 2.75) is 13.5 Å². The summed E-state index contributed by atoms with van der Waals surface area (Å²) in [6.07, 6.45) is 6.46. The second-order valence-electron chi connectivity index (χ2n) is 7.14. The van der Waals surface area contributed by atoms with Crippen molar-refractivity contribution >= 4 is 11.5 Å². The minimum absolute atomic E-state index is 0.155. The zero-order valence-electron chi connectivity index (χ0n) is 16.7. The van der Waals surface area contributed by atoms with Gasteiger partial charge in [-0.25, -0.2) is 14.4 Å². The van der Waals surface area contributed by atoms with Crippen LogP contribution in [0.2, 0.25) is 0 Å². The first-order valence-corrected chi connectivity index (χ1v) is 9.73. The largest absolute Gasteiger partial charge is 0.363 e. The summed E-state index contributed by atoms with van der Waals surface area (Å²) in [6, 6.07) is 15.7. The maximum absolute atomic E-state index is 15.1. The van der Waals surface area contributed by atoms with E-state index in [1.165, 1.54) is 6.33 Å². The number of aromatic nitrogens is 6. The van der Waals surface area contributed by atoms with Crippen molar-refractivity contribution in [2.24, 2.45) is 0 Å². The van der Waals surface area contributed by atoms with Crippen LogP contribution < -0.4 is 5.32 Å². The first-order valence-electron chi connectivity index (χ1n) is 9.73. The molecule has 0 atom stereocenters. The molecule has 0 saturated carbocycles. The molecule has 5 rings (SSSR count). The summed E-state index contributed by atoms with van der Waals surface area (Å²) in [5, 5.41) is 10.9. The van der Waals surface area contributed by atoms with Gasteiger partial charge in [0.1, 0.15) is 18.3 Å². The van der Waals surface area contributed by atoms with Crippen molar-refractivity contribution in [3.05, 3.63) is 90.7 Å². The van der Waals surface area contributed by atoms with Crippen LogP contribution in [-0.2, 0) is 6.54 Å². The molecule has 0 saturated heterocycles. The number of hydrogen-bond acceptors (Lipinski definition) is 6. The normalized spacial score (nSPS) is 11.0. The van der Waals surface area contributed by atoms with Crippen LogP contribution in [0.4, 0.5) is 10.2 Å². The summed E-state index contributed by atoms with van der Waals surface area (Å²) < 4.78 is 16.8. The van der Waals surface area contributed by atoms with Gasteiger partial charge in [0, 0.05) is 30.2 Å². The first kappa shape index (κ1) is 18.8. The molecule has 152 valence electrons. The van der Waals surface area contributed by atoms with Crippen LogP contribution in [0.3, 0.4) is 0 Å². The maximum Gasteiger partial charge on any atom is 0.191 e. The molecule has 0 amide bonds. The molecular formula is C23H18FN7. The topological polar surface area (TPSA) is 80.9 Å². The van der Waals surface area contributed by atoms with Crippen LogP contribution in [0.15, 0.2) is 73.6 Å². The fourth-order valence-electron chi connectivity index (χ4n) is 3.39. The summed E-state index contributed by atoms with van der Waals surface area (Å²) in [6.45, 7) is 2.41. The van der Waals surface area contributed by atoms with E-state index in [1.54, 1.807) is 35.3 Å². The summed E-state index contributed by atoms with van der Waals surface area (Å²) in [7, 11) is 0. The molecule has 31 heavy (non-hydrogen) atoms. The van der Waals surface area contributed by atoms with Crippen LogP contribution in [0.1, 0.15) is 11.3 Å². The number of anilines is 1. The molecule has 7 nitrogen and oxygen atoms in total. The van der Waals surface area contributed by atoms with E-state index in [2.05, 4.69) is 30.5 Å². The Hall–Kier alpha value is -4.20. The van der Waals surface area contributed by atoms with E-state index in [0.29, 0.717) is 17.8 Å². The molecule has 1 N–H and O–H groups in total. The van der Waals surface area contributed by atoms with Gasteiger partial charge in [-0.05, 0) is 47.9 Å². The maximum atomic E-state index is 15.1. The van der Waals surface area contributed by atoms with Crippen molar-refractivity contribution in [1.82, 2.24) is 29.5 Å². The Labute approximate surface area is 177 Å². The molecule has 0 aliphatic heterocycles.